The lowest BCUT2D eigenvalue weighted by molar-refractivity contribution is -0.124. The summed E-state index contributed by atoms with van der Waals surface area (Å²) in [5.41, 5.74) is 10.1. The second kappa shape index (κ2) is 5.56. The highest BCUT2D eigenvalue weighted by Crippen LogP contribution is 2.28. The van der Waals surface area contributed by atoms with Gasteiger partial charge in [-0.05, 0) is 12.8 Å². The van der Waals surface area contributed by atoms with Crippen LogP contribution in [0.5, 0.6) is 0 Å². The van der Waals surface area contributed by atoms with Crippen molar-refractivity contribution in [1.82, 2.24) is 10.3 Å². The van der Waals surface area contributed by atoms with Gasteiger partial charge in [0.25, 0.3) is 5.91 Å². The molecule has 0 unspecified atom stereocenters. The number of amides is 2. The molecular weight excluding hydrogens is 264 g/mol. The highest BCUT2D eigenvalue weighted by atomic mass is 32.1. The molecule has 0 bridgehead atoms. The van der Waals surface area contributed by atoms with E-state index in [1.165, 1.54) is 6.20 Å². The van der Waals surface area contributed by atoms with Crippen LogP contribution in [0.4, 0.5) is 5.13 Å². The molecule has 1 aromatic rings. The Morgan fingerprint density at radius 2 is 1.89 bits per heavy atom. The van der Waals surface area contributed by atoms with Crippen LogP contribution in [0.15, 0.2) is 6.20 Å². The molecular formula is C12H18N4O2S. The molecule has 19 heavy (non-hydrogen) atoms. The molecule has 1 fully saturated rings. The number of hydrogen-bond donors (Lipinski definition) is 3. The molecule has 1 aliphatic rings. The highest BCUT2D eigenvalue weighted by Gasteiger charge is 2.38. The summed E-state index contributed by atoms with van der Waals surface area (Å²) >= 11 is 1.10. The first-order valence-corrected chi connectivity index (χ1v) is 7.19. The number of anilines is 1. The van der Waals surface area contributed by atoms with Gasteiger partial charge in [0.1, 0.15) is 10.4 Å². The van der Waals surface area contributed by atoms with E-state index in [-0.39, 0.29) is 5.91 Å². The van der Waals surface area contributed by atoms with E-state index in [1.807, 2.05) is 0 Å². The van der Waals surface area contributed by atoms with Crippen molar-refractivity contribution in [3.05, 3.63) is 11.1 Å². The molecule has 7 heteroatoms. The van der Waals surface area contributed by atoms with Crippen LogP contribution in [0.2, 0.25) is 0 Å². The number of carbonyl (C=O) groups is 2. The molecule has 2 amide bonds. The fraction of sp³-hybridized carbons (Fsp3) is 0.583. The summed E-state index contributed by atoms with van der Waals surface area (Å²) in [7, 11) is 0. The highest BCUT2D eigenvalue weighted by molar-refractivity contribution is 7.17. The second-order valence-electron chi connectivity index (χ2n) is 4.88. The fourth-order valence-corrected chi connectivity index (χ4v) is 3.02. The van der Waals surface area contributed by atoms with E-state index in [4.69, 9.17) is 11.5 Å². The molecule has 1 aliphatic carbocycles. The van der Waals surface area contributed by atoms with Crippen LogP contribution >= 0.6 is 11.3 Å². The van der Waals surface area contributed by atoms with Crippen molar-refractivity contribution < 1.29 is 9.59 Å². The SMILES string of the molecule is NC(=O)C1(NC(=O)c2cnc(N)s2)CCCCCC1. The number of primary amides is 1. The molecule has 0 saturated heterocycles. The van der Waals surface area contributed by atoms with Crippen molar-refractivity contribution in [1.29, 1.82) is 0 Å². The minimum absolute atomic E-state index is 0.324. The normalized spacial score (nSPS) is 18.5. The number of nitrogen functional groups attached to an aromatic ring is 1. The molecule has 1 heterocycles. The first-order chi connectivity index (χ1) is 9.03. The van der Waals surface area contributed by atoms with Crippen LogP contribution < -0.4 is 16.8 Å². The van der Waals surface area contributed by atoms with Gasteiger partial charge >= 0.3 is 0 Å². The van der Waals surface area contributed by atoms with Gasteiger partial charge in [-0.1, -0.05) is 37.0 Å². The minimum atomic E-state index is -0.924. The van der Waals surface area contributed by atoms with Gasteiger partial charge in [-0.3, -0.25) is 9.59 Å². The number of nitrogens with one attached hydrogen (secondary N) is 1. The summed E-state index contributed by atoms with van der Waals surface area (Å²) in [6, 6.07) is 0. The maximum absolute atomic E-state index is 12.1. The molecule has 104 valence electrons. The molecule has 6 nitrogen and oxygen atoms in total. The van der Waals surface area contributed by atoms with Gasteiger partial charge in [0.15, 0.2) is 5.13 Å². The van der Waals surface area contributed by atoms with Crippen LogP contribution in [-0.2, 0) is 4.79 Å². The van der Waals surface area contributed by atoms with Gasteiger partial charge in [0, 0.05) is 0 Å². The van der Waals surface area contributed by atoms with E-state index in [1.54, 1.807) is 0 Å². The lowest BCUT2D eigenvalue weighted by Crippen LogP contribution is -2.57. The summed E-state index contributed by atoms with van der Waals surface area (Å²) < 4.78 is 0. The smallest absolute Gasteiger partial charge is 0.263 e. The summed E-state index contributed by atoms with van der Waals surface area (Å²) in [6.45, 7) is 0. The average molecular weight is 282 g/mol. The third-order valence-electron chi connectivity index (χ3n) is 3.53. The Morgan fingerprint density at radius 1 is 1.26 bits per heavy atom. The van der Waals surface area contributed by atoms with Crippen LogP contribution in [0.3, 0.4) is 0 Å². The largest absolute Gasteiger partial charge is 0.375 e. The average Bonchev–Trinajstić information content (AvgIpc) is 2.65. The van der Waals surface area contributed by atoms with E-state index in [2.05, 4.69) is 10.3 Å². The molecule has 0 aliphatic heterocycles. The predicted octanol–water partition coefficient (Wildman–Crippen LogP) is 1.03. The van der Waals surface area contributed by atoms with E-state index in [0.717, 1.165) is 37.0 Å². The van der Waals surface area contributed by atoms with Gasteiger partial charge in [-0.15, -0.1) is 0 Å². The molecule has 1 aromatic heterocycles. The van der Waals surface area contributed by atoms with E-state index >= 15 is 0 Å². The van der Waals surface area contributed by atoms with Gasteiger partial charge in [-0.25, -0.2) is 4.98 Å². The Labute approximate surface area is 115 Å². The van der Waals surface area contributed by atoms with E-state index < -0.39 is 11.4 Å². The quantitative estimate of drug-likeness (QED) is 0.719. The minimum Gasteiger partial charge on any atom is -0.375 e. The topological polar surface area (TPSA) is 111 Å². The number of hydrogen-bond acceptors (Lipinski definition) is 5. The third-order valence-corrected chi connectivity index (χ3v) is 4.35. The van der Waals surface area contributed by atoms with Crippen molar-refractivity contribution in [3.8, 4) is 0 Å². The first-order valence-electron chi connectivity index (χ1n) is 6.37. The molecule has 2 rings (SSSR count). The van der Waals surface area contributed by atoms with Crippen molar-refractivity contribution in [2.24, 2.45) is 5.73 Å². The van der Waals surface area contributed by atoms with Crippen LogP contribution in [0, 0.1) is 0 Å². The first kappa shape index (κ1) is 13.8. The number of nitrogens with two attached hydrogens (primary N) is 2. The lowest BCUT2D eigenvalue weighted by atomic mass is 9.89. The Hall–Kier alpha value is -1.63. The summed E-state index contributed by atoms with van der Waals surface area (Å²) in [4.78, 5) is 28.2. The Bertz CT molecular complexity index is 478. The van der Waals surface area contributed by atoms with Gasteiger partial charge in [0.2, 0.25) is 5.91 Å². The van der Waals surface area contributed by atoms with Crippen LogP contribution in [-0.4, -0.2) is 22.3 Å². The third kappa shape index (κ3) is 3.04. The number of thiazole rings is 1. The summed E-state index contributed by atoms with van der Waals surface area (Å²) in [5, 5.41) is 3.14. The second-order valence-corrected chi connectivity index (χ2v) is 5.94. The van der Waals surface area contributed by atoms with Crippen molar-refractivity contribution in [2.75, 3.05) is 5.73 Å². The predicted molar refractivity (Wildman–Crippen MR) is 73.6 cm³/mol. The summed E-state index contributed by atoms with van der Waals surface area (Å²) in [5.74, 6) is -0.782. The number of aromatic nitrogens is 1. The van der Waals surface area contributed by atoms with Crippen molar-refractivity contribution in [2.45, 2.75) is 44.1 Å². The molecule has 0 radical (unpaired) electrons. The molecule has 0 aromatic carbocycles. The van der Waals surface area contributed by atoms with Gasteiger partial charge in [0.05, 0.1) is 6.20 Å². The zero-order valence-electron chi connectivity index (χ0n) is 10.6. The maximum atomic E-state index is 12.1. The zero-order valence-corrected chi connectivity index (χ0v) is 11.5. The zero-order chi connectivity index (χ0) is 13.9. The molecule has 0 spiro atoms. The number of rotatable bonds is 3. The number of carbonyl (C=O) groups excluding carboxylic acids is 2. The molecule has 1 saturated carbocycles. The van der Waals surface area contributed by atoms with Gasteiger partial charge < -0.3 is 16.8 Å². The monoisotopic (exact) mass is 282 g/mol. The Morgan fingerprint density at radius 3 is 2.37 bits per heavy atom. The van der Waals surface area contributed by atoms with Crippen LogP contribution in [0.1, 0.15) is 48.2 Å². The van der Waals surface area contributed by atoms with Crippen molar-refractivity contribution >= 4 is 28.3 Å². The van der Waals surface area contributed by atoms with Gasteiger partial charge in [-0.2, -0.15) is 0 Å². The standard InChI is InChI=1S/C12H18N4O2S/c13-10(18)12(5-3-1-2-4-6-12)16-9(17)8-7-15-11(14)19-8/h7H,1-6H2,(H2,13,18)(H2,14,15)(H,16,17). The van der Waals surface area contributed by atoms with E-state index in [0.29, 0.717) is 22.9 Å². The fourth-order valence-electron chi connectivity index (χ4n) is 2.44. The van der Waals surface area contributed by atoms with E-state index in [9.17, 15) is 9.59 Å². The Kier molecular flexibility index (Phi) is 4.04. The Balaban J connectivity index is 2.16. The number of nitrogens with zero attached hydrogens (tertiary/aromatic N) is 1. The molecule has 5 N–H and O–H groups in total. The maximum Gasteiger partial charge on any atom is 0.263 e. The van der Waals surface area contributed by atoms with Crippen LogP contribution in [0.25, 0.3) is 0 Å². The summed E-state index contributed by atoms with van der Waals surface area (Å²) in [6.07, 6.45) is 6.55. The lowest BCUT2D eigenvalue weighted by Gasteiger charge is -2.30. The van der Waals surface area contributed by atoms with Crippen molar-refractivity contribution in [3.63, 3.8) is 0 Å². The molecule has 0 atom stereocenters.